The number of nitrogens with two attached hydrogens (primary N) is 1. The van der Waals surface area contributed by atoms with Crippen LogP contribution in [0, 0.1) is 0 Å². The van der Waals surface area contributed by atoms with Crippen LogP contribution in [0.25, 0.3) is 0 Å². The molecule has 1 aliphatic carbocycles. The van der Waals surface area contributed by atoms with Crippen LogP contribution in [0.2, 0.25) is 0 Å². The maximum absolute atomic E-state index is 11.9. The minimum Gasteiger partial charge on any atom is -0.507 e. The monoisotopic (exact) mass is 269 g/mol. The number of hydrogen-bond acceptors (Lipinski definition) is 4. The second-order valence-corrected chi connectivity index (χ2v) is 7.07. The second kappa shape index (κ2) is 4.55. The molecule has 3 N–H and O–H groups in total. The lowest BCUT2D eigenvalue weighted by Gasteiger charge is -2.30. The van der Waals surface area contributed by atoms with Gasteiger partial charge in [0.15, 0.2) is 9.84 Å². The zero-order chi connectivity index (χ0) is 13.4. The van der Waals surface area contributed by atoms with Crippen molar-refractivity contribution in [2.45, 2.75) is 36.0 Å². The summed E-state index contributed by atoms with van der Waals surface area (Å²) in [5.74, 6) is -0.172. The average Bonchev–Trinajstić information content (AvgIpc) is 2.76. The highest BCUT2D eigenvalue weighted by Gasteiger charge is 2.38. The summed E-state index contributed by atoms with van der Waals surface area (Å²) in [7, 11) is -3.46. The van der Waals surface area contributed by atoms with Crippen molar-refractivity contribution < 1.29 is 13.5 Å². The zero-order valence-corrected chi connectivity index (χ0v) is 11.3. The predicted octanol–water partition coefficient (Wildman–Crippen LogP) is 1.57. The molecule has 0 aliphatic heterocycles. The lowest BCUT2D eigenvalue weighted by atomic mass is 9.79. The van der Waals surface area contributed by atoms with Crippen LogP contribution in [-0.2, 0) is 15.3 Å². The Balaban J connectivity index is 2.68. The number of phenolic OH excluding ortho intramolecular Hbond substituents is 1. The van der Waals surface area contributed by atoms with E-state index in [1.54, 1.807) is 12.1 Å². The van der Waals surface area contributed by atoms with Crippen molar-refractivity contribution in [3.05, 3.63) is 23.8 Å². The van der Waals surface area contributed by atoms with E-state index in [1.807, 2.05) is 0 Å². The van der Waals surface area contributed by atoms with E-state index in [2.05, 4.69) is 0 Å². The van der Waals surface area contributed by atoms with Crippen LogP contribution in [0.1, 0.15) is 31.2 Å². The number of hydrogen-bond donors (Lipinski definition) is 2. The fourth-order valence-electron chi connectivity index (χ4n) is 2.97. The van der Waals surface area contributed by atoms with Crippen LogP contribution in [0.5, 0.6) is 5.75 Å². The molecule has 1 saturated carbocycles. The first-order chi connectivity index (χ1) is 8.41. The number of aromatic hydroxyl groups is 1. The van der Waals surface area contributed by atoms with Crippen molar-refractivity contribution >= 4 is 9.84 Å². The van der Waals surface area contributed by atoms with Crippen molar-refractivity contribution in [1.82, 2.24) is 0 Å². The fourth-order valence-corrected chi connectivity index (χ4v) is 4.10. The van der Waals surface area contributed by atoms with Gasteiger partial charge < -0.3 is 10.8 Å². The molecule has 18 heavy (non-hydrogen) atoms. The molecule has 0 amide bonds. The Morgan fingerprint density at radius 3 is 2.44 bits per heavy atom. The van der Waals surface area contributed by atoms with Gasteiger partial charge in [-0.05, 0) is 24.5 Å². The van der Waals surface area contributed by atoms with Crippen LogP contribution in [0.15, 0.2) is 23.1 Å². The van der Waals surface area contributed by atoms with Crippen LogP contribution >= 0.6 is 0 Å². The molecule has 0 aromatic heterocycles. The number of sulfone groups is 1. The van der Waals surface area contributed by atoms with Gasteiger partial charge >= 0.3 is 0 Å². The zero-order valence-electron chi connectivity index (χ0n) is 10.5. The molecule has 1 aliphatic rings. The fraction of sp³-hybridized carbons (Fsp3) is 0.538. The Bertz CT molecular complexity index is 545. The lowest BCUT2D eigenvalue weighted by molar-refractivity contribution is 0.420. The Labute approximate surface area is 108 Å². The van der Waals surface area contributed by atoms with Crippen molar-refractivity contribution in [2.75, 3.05) is 12.8 Å². The first kappa shape index (κ1) is 13.4. The van der Waals surface area contributed by atoms with Crippen molar-refractivity contribution in [1.29, 1.82) is 0 Å². The van der Waals surface area contributed by atoms with E-state index in [4.69, 9.17) is 5.73 Å². The van der Waals surface area contributed by atoms with Crippen LogP contribution in [-0.4, -0.2) is 26.3 Å². The third kappa shape index (κ3) is 2.12. The van der Waals surface area contributed by atoms with Gasteiger partial charge in [0.1, 0.15) is 10.6 Å². The molecule has 100 valence electrons. The topological polar surface area (TPSA) is 80.4 Å². The highest BCUT2D eigenvalue weighted by molar-refractivity contribution is 7.90. The maximum atomic E-state index is 11.9. The van der Waals surface area contributed by atoms with Crippen molar-refractivity contribution in [3.8, 4) is 5.75 Å². The third-order valence-electron chi connectivity index (χ3n) is 3.89. The van der Waals surface area contributed by atoms with E-state index in [0.29, 0.717) is 12.1 Å². The highest BCUT2D eigenvalue weighted by Crippen LogP contribution is 2.44. The van der Waals surface area contributed by atoms with Crippen LogP contribution < -0.4 is 5.73 Å². The first-order valence-electron chi connectivity index (χ1n) is 6.13. The Morgan fingerprint density at radius 2 is 1.94 bits per heavy atom. The van der Waals surface area contributed by atoms with E-state index < -0.39 is 9.84 Å². The number of benzene rings is 1. The average molecular weight is 269 g/mol. The van der Waals surface area contributed by atoms with Gasteiger partial charge in [-0.2, -0.15) is 0 Å². The van der Waals surface area contributed by atoms with E-state index in [1.165, 1.54) is 6.07 Å². The van der Waals surface area contributed by atoms with Gasteiger partial charge in [0.2, 0.25) is 0 Å². The summed E-state index contributed by atoms with van der Waals surface area (Å²) >= 11 is 0. The number of rotatable bonds is 3. The van der Waals surface area contributed by atoms with Gasteiger partial charge in [-0.1, -0.05) is 25.0 Å². The van der Waals surface area contributed by atoms with E-state index in [0.717, 1.165) is 31.9 Å². The molecule has 0 atom stereocenters. The van der Waals surface area contributed by atoms with Gasteiger partial charge in [0.25, 0.3) is 0 Å². The summed E-state index contributed by atoms with van der Waals surface area (Å²) in [4.78, 5) is 0.0531. The van der Waals surface area contributed by atoms with Gasteiger partial charge in [-0.3, -0.25) is 0 Å². The summed E-state index contributed by atoms with van der Waals surface area (Å²) in [5.41, 5.74) is 6.28. The van der Waals surface area contributed by atoms with Crippen LogP contribution in [0.4, 0.5) is 0 Å². The summed E-state index contributed by atoms with van der Waals surface area (Å²) in [6, 6.07) is 4.89. The van der Waals surface area contributed by atoms with Crippen molar-refractivity contribution in [2.24, 2.45) is 5.73 Å². The quantitative estimate of drug-likeness (QED) is 0.872. The van der Waals surface area contributed by atoms with Crippen LogP contribution in [0.3, 0.4) is 0 Å². The van der Waals surface area contributed by atoms with E-state index >= 15 is 0 Å². The highest BCUT2D eigenvalue weighted by atomic mass is 32.2. The van der Waals surface area contributed by atoms with E-state index in [9.17, 15) is 13.5 Å². The molecule has 4 nitrogen and oxygen atoms in total. The Morgan fingerprint density at radius 1 is 1.33 bits per heavy atom. The SMILES string of the molecule is CS(=O)(=O)c1c(O)cccc1C1(CN)CCCC1. The lowest BCUT2D eigenvalue weighted by Crippen LogP contribution is -2.33. The Kier molecular flexibility index (Phi) is 3.38. The summed E-state index contributed by atoms with van der Waals surface area (Å²) in [5, 5.41) is 9.88. The predicted molar refractivity (Wildman–Crippen MR) is 70.4 cm³/mol. The molecular formula is C13H19NO3S. The van der Waals surface area contributed by atoms with Gasteiger partial charge in [0, 0.05) is 18.2 Å². The van der Waals surface area contributed by atoms with E-state index in [-0.39, 0.29) is 16.1 Å². The molecule has 2 rings (SSSR count). The van der Waals surface area contributed by atoms with Gasteiger partial charge in [-0.25, -0.2) is 8.42 Å². The second-order valence-electron chi connectivity index (χ2n) is 5.12. The molecule has 1 aromatic carbocycles. The molecule has 0 bridgehead atoms. The van der Waals surface area contributed by atoms with Crippen molar-refractivity contribution in [3.63, 3.8) is 0 Å². The third-order valence-corrected chi connectivity index (χ3v) is 5.06. The summed E-state index contributed by atoms with van der Waals surface area (Å²) in [6.07, 6.45) is 5.00. The molecule has 0 spiro atoms. The Hall–Kier alpha value is -1.07. The molecule has 1 aromatic rings. The largest absolute Gasteiger partial charge is 0.507 e. The summed E-state index contributed by atoms with van der Waals surface area (Å²) < 4.78 is 23.8. The summed E-state index contributed by atoms with van der Waals surface area (Å²) in [6.45, 7) is 0.416. The standard InChI is InChI=1S/C13H19NO3S/c1-18(16,17)12-10(5-4-6-11(12)15)13(9-14)7-2-3-8-13/h4-6,15H,2-3,7-9,14H2,1H3. The first-order valence-corrected chi connectivity index (χ1v) is 8.02. The minimum absolute atomic E-state index is 0.0531. The smallest absolute Gasteiger partial charge is 0.179 e. The minimum atomic E-state index is -3.46. The molecule has 0 saturated heterocycles. The normalized spacial score (nSPS) is 19.0. The molecule has 5 heteroatoms. The molecular weight excluding hydrogens is 250 g/mol. The maximum Gasteiger partial charge on any atom is 0.179 e. The number of phenols is 1. The molecule has 0 unspecified atom stereocenters. The molecule has 0 heterocycles. The van der Waals surface area contributed by atoms with Gasteiger partial charge in [-0.15, -0.1) is 0 Å². The molecule has 1 fully saturated rings. The van der Waals surface area contributed by atoms with Gasteiger partial charge in [0.05, 0.1) is 0 Å². The molecule has 0 radical (unpaired) electrons.